The van der Waals surface area contributed by atoms with Crippen LogP contribution in [0, 0.1) is 0 Å². The summed E-state index contributed by atoms with van der Waals surface area (Å²) in [6.45, 7) is 7.04. The largest absolute Gasteiger partial charge is 0.488 e. The van der Waals surface area contributed by atoms with Crippen LogP contribution >= 0.6 is 0 Å². The number of likely N-dealkylation sites (tertiary alicyclic amines) is 1. The van der Waals surface area contributed by atoms with E-state index < -0.39 is 0 Å². The first-order valence-electron chi connectivity index (χ1n) is 10.9. The number of ether oxygens (including phenoxy) is 1. The standard InChI is InChI=1S/C27H30N2O2/c1-21(30)28-27(2)16-17-29(20-27)18-22-12-14-24(15-13-22)25-10-6-7-11-26(25)31-19-23-8-4-3-5-9-23/h3-15H,16-20H2,1-2H3,(H,28,30). The minimum absolute atomic E-state index is 0.0434. The Morgan fingerprint density at radius 1 is 0.968 bits per heavy atom. The molecule has 0 radical (unpaired) electrons. The summed E-state index contributed by atoms with van der Waals surface area (Å²) in [4.78, 5) is 13.9. The van der Waals surface area contributed by atoms with Crippen LogP contribution in [-0.4, -0.2) is 29.4 Å². The molecule has 0 aromatic heterocycles. The van der Waals surface area contributed by atoms with Gasteiger partial charge in [0, 0.05) is 32.1 Å². The zero-order chi connectivity index (χ0) is 21.7. The van der Waals surface area contributed by atoms with Gasteiger partial charge in [0.05, 0.1) is 5.54 Å². The third kappa shape index (κ3) is 5.53. The van der Waals surface area contributed by atoms with Gasteiger partial charge in [0.2, 0.25) is 5.91 Å². The summed E-state index contributed by atoms with van der Waals surface area (Å²) in [5, 5.41) is 3.10. The quantitative estimate of drug-likeness (QED) is 0.589. The Bertz CT molecular complexity index is 1020. The molecular weight excluding hydrogens is 384 g/mol. The second kappa shape index (κ2) is 9.36. The molecule has 3 aromatic rings. The molecule has 1 atom stereocenters. The van der Waals surface area contributed by atoms with E-state index in [0.717, 1.165) is 48.5 Å². The van der Waals surface area contributed by atoms with Gasteiger partial charge in [-0.05, 0) is 36.1 Å². The third-order valence-corrected chi connectivity index (χ3v) is 5.83. The molecule has 1 aliphatic heterocycles. The van der Waals surface area contributed by atoms with Crippen LogP contribution in [-0.2, 0) is 17.9 Å². The van der Waals surface area contributed by atoms with E-state index in [1.807, 2.05) is 36.4 Å². The first-order valence-corrected chi connectivity index (χ1v) is 10.9. The molecule has 1 heterocycles. The van der Waals surface area contributed by atoms with Gasteiger partial charge in [-0.25, -0.2) is 0 Å². The SMILES string of the molecule is CC(=O)NC1(C)CCN(Cc2ccc(-c3ccccc3OCc3ccccc3)cc2)C1. The molecular formula is C27H30N2O2. The molecule has 0 aliphatic carbocycles. The monoisotopic (exact) mass is 414 g/mol. The van der Waals surface area contributed by atoms with Crippen molar-refractivity contribution in [1.29, 1.82) is 0 Å². The van der Waals surface area contributed by atoms with E-state index in [2.05, 4.69) is 59.6 Å². The lowest BCUT2D eigenvalue weighted by molar-refractivity contribution is -0.120. The van der Waals surface area contributed by atoms with E-state index in [4.69, 9.17) is 4.74 Å². The van der Waals surface area contributed by atoms with Crippen molar-refractivity contribution in [3.8, 4) is 16.9 Å². The number of nitrogens with zero attached hydrogens (tertiary/aromatic N) is 1. The van der Waals surface area contributed by atoms with Crippen LogP contribution in [0.1, 0.15) is 31.4 Å². The summed E-state index contributed by atoms with van der Waals surface area (Å²) in [6, 6.07) is 27.1. The average Bonchev–Trinajstić information content (AvgIpc) is 3.13. The number of carbonyl (C=O) groups excluding carboxylic acids is 1. The molecule has 31 heavy (non-hydrogen) atoms. The Labute approximate surface area is 184 Å². The molecule has 3 aromatic carbocycles. The lowest BCUT2D eigenvalue weighted by atomic mass is 10.0. The Hall–Kier alpha value is -3.11. The summed E-state index contributed by atoms with van der Waals surface area (Å²) in [7, 11) is 0. The van der Waals surface area contributed by atoms with Gasteiger partial charge in [0.25, 0.3) is 0 Å². The van der Waals surface area contributed by atoms with E-state index >= 15 is 0 Å². The Kier molecular flexibility index (Phi) is 6.38. The van der Waals surface area contributed by atoms with Crippen LogP contribution in [0.3, 0.4) is 0 Å². The van der Waals surface area contributed by atoms with E-state index in [-0.39, 0.29) is 11.4 Å². The van der Waals surface area contributed by atoms with E-state index in [1.165, 1.54) is 5.56 Å². The van der Waals surface area contributed by atoms with Crippen molar-refractivity contribution in [2.45, 2.75) is 39.0 Å². The number of rotatable bonds is 7. The van der Waals surface area contributed by atoms with Gasteiger partial charge in [-0.1, -0.05) is 72.8 Å². The fraction of sp³-hybridized carbons (Fsp3) is 0.296. The average molecular weight is 415 g/mol. The zero-order valence-corrected chi connectivity index (χ0v) is 18.3. The second-order valence-electron chi connectivity index (χ2n) is 8.67. The fourth-order valence-electron chi connectivity index (χ4n) is 4.33. The maximum Gasteiger partial charge on any atom is 0.217 e. The highest BCUT2D eigenvalue weighted by atomic mass is 16.5. The summed E-state index contributed by atoms with van der Waals surface area (Å²) < 4.78 is 6.13. The number of nitrogens with one attached hydrogen (secondary N) is 1. The number of carbonyl (C=O) groups is 1. The topological polar surface area (TPSA) is 41.6 Å². The number of amides is 1. The number of hydrogen-bond acceptors (Lipinski definition) is 3. The Morgan fingerprint density at radius 3 is 2.42 bits per heavy atom. The molecule has 4 nitrogen and oxygen atoms in total. The molecule has 1 aliphatic rings. The number of hydrogen-bond donors (Lipinski definition) is 1. The first kappa shape index (κ1) is 21.1. The van der Waals surface area contributed by atoms with Crippen LogP contribution in [0.15, 0.2) is 78.9 Å². The lowest BCUT2D eigenvalue weighted by Crippen LogP contribution is -2.46. The van der Waals surface area contributed by atoms with Gasteiger partial charge in [-0.2, -0.15) is 0 Å². The molecule has 160 valence electrons. The van der Waals surface area contributed by atoms with Crippen LogP contribution in [0.25, 0.3) is 11.1 Å². The summed E-state index contributed by atoms with van der Waals surface area (Å²) >= 11 is 0. The van der Waals surface area contributed by atoms with Gasteiger partial charge in [0.15, 0.2) is 0 Å². The molecule has 0 spiro atoms. The van der Waals surface area contributed by atoms with Gasteiger partial charge < -0.3 is 10.1 Å². The van der Waals surface area contributed by atoms with E-state index in [9.17, 15) is 4.79 Å². The van der Waals surface area contributed by atoms with Gasteiger partial charge >= 0.3 is 0 Å². The molecule has 1 amide bonds. The molecule has 1 fully saturated rings. The van der Waals surface area contributed by atoms with Crippen LogP contribution < -0.4 is 10.1 Å². The van der Waals surface area contributed by atoms with Crippen LogP contribution in [0.5, 0.6) is 5.75 Å². The first-order chi connectivity index (χ1) is 15.0. The highest BCUT2D eigenvalue weighted by Crippen LogP contribution is 2.31. The molecule has 1 saturated heterocycles. The highest BCUT2D eigenvalue weighted by Gasteiger charge is 2.34. The van der Waals surface area contributed by atoms with Crippen molar-refractivity contribution >= 4 is 5.91 Å². The fourth-order valence-corrected chi connectivity index (χ4v) is 4.33. The molecule has 4 heteroatoms. The molecule has 4 rings (SSSR count). The van der Waals surface area contributed by atoms with Crippen LogP contribution in [0.2, 0.25) is 0 Å². The van der Waals surface area contributed by atoms with Crippen molar-refractivity contribution in [1.82, 2.24) is 10.2 Å². The Balaban J connectivity index is 1.41. The Morgan fingerprint density at radius 2 is 1.68 bits per heavy atom. The molecule has 1 unspecified atom stereocenters. The normalized spacial score (nSPS) is 18.6. The van der Waals surface area contributed by atoms with Crippen molar-refractivity contribution in [2.75, 3.05) is 13.1 Å². The summed E-state index contributed by atoms with van der Waals surface area (Å²) in [5.74, 6) is 0.937. The molecule has 0 bridgehead atoms. The van der Waals surface area contributed by atoms with Crippen molar-refractivity contribution in [3.63, 3.8) is 0 Å². The third-order valence-electron chi connectivity index (χ3n) is 5.83. The summed E-state index contributed by atoms with van der Waals surface area (Å²) in [5.41, 5.74) is 4.56. The second-order valence-corrected chi connectivity index (χ2v) is 8.67. The van der Waals surface area contributed by atoms with Crippen molar-refractivity contribution < 1.29 is 9.53 Å². The smallest absolute Gasteiger partial charge is 0.217 e. The minimum Gasteiger partial charge on any atom is -0.488 e. The van der Waals surface area contributed by atoms with Crippen molar-refractivity contribution in [3.05, 3.63) is 90.0 Å². The number of para-hydroxylation sites is 1. The lowest BCUT2D eigenvalue weighted by Gasteiger charge is -2.25. The highest BCUT2D eigenvalue weighted by molar-refractivity contribution is 5.74. The number of benzene rings is 3. The van der Waals surface area contributed by atoms with E-state index in [0.29, 0.717) is 6.61 Å². The van der Waals surface area contributed by atoms with Gasteiger partial charge in [0.1, 0.15) is 12.4 Å². The van der Waals surface area contributed by atoms with Gasteiger partial charge in [-0.15, -0.1) is 0 Å². The van der Waals surface area contributed by atoms with E-state index in [1.54, 1.807) is 6.92 Å². The summed E-state index contributed by atoms with van der Waals surface area (Å²) in [6.07, 6.45) is 0.983. The predicted molar refractivity (Wildman–Crippen MR) is 125 cm³/mol. The maximum absolute atomic E-state index is 11.5. The van der Waals surface area contributed by atoms with Crippen LogP contribution in [0.4, 0.5) is 0 Å². The minimum atomic E-state index is -0.124. The molecule has 0 saturated carbocycles. The van der Waals surface area contributed by atoms with Gasteiger partial charge in [-0.3, -0.25) is 9.69 Å². The zero-order valence-electron chi connectivity index (χ0n) is 18.3. The maximum atomic E-state index is 11.5. The van der Waals surface area contributed by atoms with Crippen molar-refractivity contribution in [2.24, 2.45) is 0 Å². The predicted octanol–water partition coefficient (Wildman–Crippen LogP) is 5.03. The molecule has 1 N–H and O–H groups in total.